The number of benzene rings is 2. The van der Waals surface area contributed by atoms with Crippen LogP contribution in [0, 0.1) is 9.39 Å². The molecule has 8 heteroatoms. The summed E-state index contributed by atoms with van der Waals surface area (Å²) < 4.78 is 16.1. The molecular weight excluding hydrogens is 412 g/mol. The summed E-state index contributed by atoms with van der Waals surface area (Å²) in [4.78, 5) is 0. The van der Waals surface area contributed by atoms with Crippen LogP contribution in [0.15, 0.2) is 36.4 Å². The fourth-order valence-electron chi connectivity index (χ4n) is 2.26. The van der Waals surface area contributed by atoms with Gasteiger partial charge in [-0.05, 0) is 59.0 Å². The molecule has 0 bridgehead atoms. The van der Waals surface area contributed by atoms with Crippen molar-refractivity contribution in [3.05, 3.63) is 45.8 Å². The lowest BCUT2D eigenvalue weighted by Crippen LogP contribution is -2.01. The highest BCUT2D eigenvalue weighted by atomic mass is 127. The van der Waals surface area contributed by atoms with E-state index in [0.717, 1.165) is 3.57 Å². The van der Waals surface area contributed by atoms with Gasteiger partial charge in [-0.3, -0.25) is 0 Å². The Morgan fingerprint density at radius 1 is 1.22 bits per heavy atom. The van der Waals surface area contributed by atoms with Crippen molar-refractivity contribution < 1.29 is 9.50 Å². The van der Waals surface area contributed by atoms with Gasteiger partial charge in [-0.25, -0.2) is 9.07 Å². The molecule has 3 aromatic rings. The minimum atomic E-state index is -0.407. The lowest BCUT2D eigenvalue weighted by atomic mass is 10.1. The first-order chi connectivity index (χ1) is 11.0. The number of nitrogens with two attached hydrogens (primary N) is 1. The second kappa shape index (κ2) is 6.03. The summed E-state index contributed by atoms with van der Waals surface area (Å²) in [5.74, 6) is -0.632. The smallest absolute Gasteiger partial charge is 0.259 e. The number of halogens is 2. The van der Waals surface area contributed by atoms with E-state index in [9.17, 15) is 9.50 Å². The van der Waals surface area contributed by atoms with Gasteiger partial charge in [-0.15, -0.1) is 0 Å². The summed E-state index contributed by atoms with van der Waals surface area (Å²) >= 11 is 2.16. The molecule has 118 valence electrons. The molecule has 0 saturated carbocycles. The molecule has 0 aliphatic carbocycles. The maximum atomic E-state index is 13.7. The zero-order valence-corrected chi connectivity index (χ0v) is 14.2. The fourth-order valence-corrected chi connectivity index (χ4v) is 2.78. The van der Waals surface area contributed by atoms with Crippen molar-refractivity contribution in [2.75, 3.05) is 11.1 Å². The summed E-state index contributed by atoms with van der Waals surface area (Å²) in [6.07, 6.45) is 0. The number of rotatable bonds is 3. The van der Waals surface area contributed by atoms with Gasteiger partial charge in [0.15, 0.2) is 0 Å². The normalized spacial score (nSPS) is 10.7. The average molecular weight is 425 g/mol. The van der Waals surface area contributed by atoms with Crippen LogP contribution < -0.4 is 11.1 Å². The summed E-state index contributed by atoms with van der Waals surface area (Å²) in [7, 11) is 1.65. The molecule has 2 aromatic carbocycles. The highest BCUT2D eigenvalue weighted by Crippen LogP contribution is 2.36. The van der Waals surface area contributed by atoms with Crippen molar-refractivity contribution in [1.82, 2.24) is 15.0 Å². The predicted molar refractivity (Wildman–Crippen MR) is 94.9 cm³/mol. The number of hydrogen-bond acceptors (Lipinski definition) is 5. The molecule has 0 aliphatic heterocycles. The standard InChI is InChI=1S/C15H13FIN5O/c1-22-14(15(23)20-21-22)10-4-2-8(16)6-13(10)19-12-5-3-9(17)7-11(12)18/h2-7,19,23H,18H2,1H3. The second-order valence-electron chi connectivity index (χ2n) is 4.93. The van der Waals surface area contributed by atoms with E-state index in [1.807, 2.05) is 18.2 Å². The fraction of sp³-hybridized carbons (Fsp3) is 0.0667. The Balaban J connectivity index is 2.10. The number of aromatic hydroxyl groups is 1. The molecule has 3 rings (SSSR count). The average Bonchev–Trinajstić information content (AvgIpc) is 2.82. The minimum absolute atomic E-state index is 0.224. The van der Waals surface area contributed by atoms with Crippen LogP contribution >= 0.6 is 22.6 Å². The SMILES string of the molecule is Cn1nnc(O)c1-c1ccc(F)cc1Nc1ccc(I)cc1N. The van der Waals surface area contributed by atoms with Gasteiger partial charge in [0.2, 0.25) is 0 Å². The number of nitrogen functional groups attached to an aromatic ring is 1. The topological polar surface area (TPSA) is 89.0 Å². The molecular formula is C15H13FIN5O. The molecule has 0 fully saturated rings. The maximum Gasteiger partial charge on any atom is 0.259 e. The molecule has 23 heavy (non-hydrogen) atoms. The van der Waals surface area contributed by atoms with Crippen LogP contribution in [0.5, 0.6) is 5.88 Å². The molecule has 0 atom stereocenters. The van der Waals surface area contributed by atoms with Crippen LogP contribution in [0.1, 0.15) is 0 Å². The van der Waals surface area contributed by atoms with Crippen molar-refractivity contribution in [3.8, 4) is 17.1 Å². The van der Waals surface area contributed by atoms with Crippen molar-refractivity contribution >= 4 is 39.7 Å². The Morgan fingerprint density at radius 3 is 2.65 bits per heavy atom. The van der Waals surface area contributed by atoms with E-state index in [4.69, 9.17) is 5.73 Å². The number of anilines is 3. The van der Waals surface area contributed by atoms with Crippen molar-refractivity contribution in [2.45, 2.75) is 0 Å². The van der Waals surface area contributed by atoms with Gasteiger partial charge in [0.05, 0.1) is 17.1 Å². The van der Waals surface area contributed by atoms with Crippen molar-refractivity contribution in [2.24, 2.45) is 7.05 Å². The Morgan fingerprint density at radius 2 is 2.00 bits per heavy atom. The maximum absolute atomic E-state index is 13.7. The Hall–Kier alpha value is -2.36. The summed E-state index contributed by atoms with van der Waals surface area (Å²) in [5.41, 5.74) is 8.59. The minimum Gasteiger partial charge on any atom is -0.491 e. The third-order valence-corrected chi connectivity index (χ3v) is 4.00. The lowest BCUT2D eigenvalue weighted by molar-refractivity contribution is 0.454. The number of nitrogens with one attached hydrogen (secondary N) is 1. The van der Waals surface area contributed by atoms with Gasteiger partial charge in [0.1, 0.15) is 11.5 Å². The Bertz CT molecular complexity index is 861. The van der Waals surface area contributed by atoms with E-state index in [2.05, 4.69) is 38.2 Å². The number of hydrogen-bond donors (Lipinski definition) is 3. The lowest BCUT2D eigenvalue weighted by Gasteiger charge is -2.14. The molecule has 0 aliphatic rings. The van der Waals surface area contributed by atoms with E-state index < -0.39 is 5.82 Å². The summed E-state index contributed by atoms with van der Waals surface area (Å²) in [6, 6.07) is 9.71. The molecule has 1 heterocycles. The van der Waals surface area contributed by atoms with Gasteiger partial charge in [-0.1, -0.05) is 10.3 Å². The van der Waals surface area contributed by atoms with Gasteiger partial charge in [0.25, 0.3) is 5.88 Å². The predicted octanol–water partition coefficient (Wildman–Crippen LogP) is 3.26. The second-order valence-corrected chi connectivity index (χ2v) is 6.18. The zero-order chi connectivity index (χ0) is 16.6. The molecule has 4 N–H and O–H groups in total. The Kier molecular flexibility index (Phi) is 4.07. The summed E-state index contributed by atoms with van der Waals surface area (Å²) in [6.45, 7) is 0. The van der Waals surface area contributed by atoms with Crippen LogP contribution in [0.3, 0.4) is 0 Å². The van der Waals surface area contributed by atoms with E-state index in [-0.39, 0.29) is 5.88 Å². The van der Waals surface area contributed by atoms with Crippen LogP contribution in [-0.2, 0) is 7.05 Å². The highest BCUT2D eigenvalue weighted by Gasteiger charge is 2.17. The first-order valence-electron chi connectivity index (χ1n) is 6.66. The quantitative estimate of drug-likeness (QED) is 0.443. The van der Waals surface area contributed by atoms with Crippen LogP contribution in [0.25, 0.3) is 11.3 Å². The molecule has 1 aromatic heterocycles. The van der Waals surface area contributed by atoms with E-state index in [1.165, 1.54) is 16.8 Å². The van der Waals surface area contributed by atoms with E-state index >= 15 is 0 Å². The van der Waals surface area contributed by atoms with Crippen LogP contribution in [0.2, 0.25) is 0 Å². The monoisotopic (exact) mass is 425 g/mol. The van der Waals surface area contributed by atoms with Gasteiger partial charge in [-0.2, -0.15) is 0 Å². The van der Waals surface area contributed by atoms with E-state index in [1.54, 1.807) is 13.1 Å². The molecule has 0 unspecified atom stereocenters. The number of aryl methyl sites for hydroxylation is 1. The number of aromatic nitrogens is 3. The van der Waals surface area contributed by atoms with Gasteiger partial charge in [0, 0.05) is 16.2 Å². The zero-order valence-electron chi connectivity index (χ0n) is 12.1. The molecule has 0 saturated heterocycles. The van der Waals surface area contributed by atoms with E-state index in [0.29, 0.717) is 28.3 Å². The van der Waals surface area contributed by atoms with Gasteiger partial charge >= 0.3 is 0 Å². The highest BCUT2D eigenvalue weighted by molar-refractivity contribution is 14.1. The van der Waals surface area contributed by atoms with Gasteiger partial charge < -0.3 is 16.2 Å². The third-order valence-electron chi connectivity index (χ3n) is 3.33. The first-order valence-corrected chi connectivity index (χ1v) is 7.74. The molecule has 6 nitrogen and oxygen atoms in total. The summed E-state index contributed by atoms with van der Waals surface area (Å²) in [5, 5.41) is 20.4. The largest absolute Gasteiger partial charge is 0.491 e. The van der Waals surface area contributed by atoms with Crippen molar-refractivity contribution in [1.29, 1.82) is 0 Å². The molecule has 0 amide bonds. The first kappa shape index (κ1) is 15.5. The van der Waals surface area contributed by atoms with Crippen LogP contribution in [0.4, 0.5) is 21.5 Å². The molecule has 0 spiro atoms. The Labute approximate surface area is 145 Å². The number of nitrogens with zero attached hydrogens (tertiary/aromatic N) is 3. The molecule has 0 radical (unpaired) electrons. The van der Waals surface area contributed by atoms with Crippen LogP contribution in [-0.4, -0.2) is 20.1 Å². The van der Waals surface area contributed by atoms with Crippen molar-refractivity contribution in [3.63, 3.8) is 0 Å². The third kappa shape index (κ3) is 3.07.